The van der Waals surface area contributed by atoms with E-state index in [1.54, 1.807) is 31.5 Å². The monoisotopic (exact) mass is 261 g/mol. The number of aromatic nitrogens is 2. The number of rotatable bonds is 4. The number of hydrogen-bond acceptors (Lipinski definition) is 2. The van der Waals surface area contributed by atoms with Crippen LogP contribution >= 0.6 is 0 Å². The van der Waals surface area contributed by atoms with Crippen LogP contribution in [0.5, 0.6) is 0 Å². The molecule has 0 bridgehead atoms. The van der Waals surface area contributed by atoms with Gasteiger partial charge in [0.1, 0.15) is 11.6 Å². The second kappa shape index (κ2) is 5.65. The summed E-state index contributed by atoms with van der Waals surface area (Å²) in [5.74, 6) is -0.234. The van der Waals surface area contributed by atoms with Crippen LogP contribution in [0, 0.1) is 12.7 Å². The van der Waals surface area contributed by atoms with Crippen LogP contribution in [-0.2, 0) is 0 Å². The summed E-state index contributed by atoms with van der Waals surface area (Å²) in [5, 5.41) is 2.78. The van der Waals surface area contributed by atoms with Crippen LogP contribution in [0.1, 0.15) is 41.1 Å². The summed E-state index contributed by atoms with van der Waals surface area (Å²) in [6.07, 6.45) is 3.99. The smallest absolute Gasteiger partial charge is 0.254 e. The number of halogens is 1. The zero-order valence-electron chi connectivity index (χ0n) is 10.9. The number of amides is 1. The molecule has 0 saturated carbocycles. The minimum Gasteiger partial charge on any atom is -0.347 e. The lowest BCUT2D eigenvalue weighted by molar-refractivity contribution is 0.0929. The van der Waals surface area contributed by atoms with Crippen molar-refractivity contribution in [1.82, 2.24) is 15.3 Å². The molecule has 5 heteroatoms. The Morgan fingerprint density at radius 1 is 1.53 bits per heavy atom. The number of aryl methyl sites for hydroxylation is 1. The highest BCUT2D eigenvalue weighted by Gasteiger charge is 2.18. The van der Waals surface area contributed by atoms with Crippen molar-refractivity contribution in [2.75, 3.05) is 0 Å². The lowest BCUT2D eigenvalue weighted by Crippen LogP contribution is -2.29. The molecule has 4 nitrogen and oxygen atoms in total. The first kappa shape index (κ1) is 13.3. The second-order valence-corrected chi connectivity index (χ2v) is 4.35. The van der Waals surface area contributed by atoms with Crippen molar-refractivity contribution < 1.29 is 9.18 Å². The van der Waals surface area contributed by atoms with E-state index in [4.69, 9.17) is 0 Å². The molecule has 100 valence electrons. The van der Waals surface area contributed by atoms with Crippen LogP contribution in [0.15, 0.2) is 30.6 Å². The zero-order valence-corrected chi connectivity index (χ0v) is 10.9. The van der Waals surface area contributed by atoms with E-state index in [0.29, 0.717) is 17.8 Å². The van der Waals surface area contributed by atoms with E-state index in [1.165, 1.54) is 6.07 Å². The molecule has 0 fully saturated rings. The summed E-state index contributed by atoms with van der Waals surface area (Å²) in [7, 11) is 0. The topological polar surface area (TPSA) is 57.8 Å². The largest absolute Gasteiger partial charge is 0.347 e. The van der Waals surface area contributed by atoms with Gasteiger partial charge in [0, 0.05) is 12.4 Å². The Bertz CT molecular complexity index is 566. The van der Waals surface area contributed by atoms with Gasteiger partial charge in [-0.3, -0.25) is 4.79 Å². The van der Waals surface area contributed by atoms with Gasteiger partial charge in [0.2, 0.25) is 0 Å². The molecule has 0 radical (unpaired) electrons. The van der Waals surface area contributed by atoms with Gasteiger partial charge in [-0.05, 0) is 25.0 Å². The number of nitrogens with zero attached hydrogens (tertiary/aromatic N) is 1. The molecule has 2 rings (SSSR count). The van der Waals surface area contributed by atoms with Crippen LogP contribution in [0.25, 0.3) is 0 Å². The molecule has 1 aromatic carbocycles. The average molecular weight is 261 g/mol. The molecule has 0 aliphatic carbocycles. The third-order valence-corrected chi connectivity index (χ3v) is 3.00. The lowest BCUT2D eigenvalue weighted by atomic mass is 10.1. The number of carbonyl (C=O) groups excluding carboxylic acids is 1. The normalized spacial score (nSPS) is 12.2. The van der Waals surface area contributed by atoms with E-state index in [1.807, 2.05) is 6.92 Å². The molecule has 19 heavy (non-hydrogen) atoms. The maximum atomic E-state index is 13.9. The van der Waals surface area contributed by atoms with E-state index in [9.17, 15) is 9.18 Å². The summed E-state index contributed by atoms with van der Waals surface area (Å²) in [5.41, 5.74) is 0.517. The van der Waals surface area contributed by atoms with Gasteiger partial charge in [0.05, 0.1) is 11.6 Å². The van der Waals surface area contributed by atoms with Crippen molar-refractivity contribution in [3.05, 3.63) is 53.4 Å². The summed E-state index contributed by atoms with van der Waals surface area (Å²) < 4.78 is 13.9. The molecule has 1 heterocycles. The first-order valence-electron chi connectivity index (χ1n) is 6.18. The predicted octanol–water partition coefficient (Wildman–Crippen LogP) is 2.74. The number of nitrogens with one attached hydrogen (secondary N) is 2. The van der Waals surface area contributed by atoms with Crippen LogP contribution in [0.4, 0.5) is 4.39 Å². The first-order chi connectivity index (χ1) is 9.13. The molecule has 0 aliphatic rings. The molecule has 1 unspecified atom stereocenters. The average Bonchev–Trinajstić information content (AvgIpc) is 2.92. The Morgan fingerprint density at radius 2 is 2.32 bits per heavy atom. The van der Waals surface area contributed by atoms with Crippen molar-refractivity contribution in [2.24, 2.45) is 0 Å². The molecule has 0 saturated heterocycles. The predicted molar refractivity (Wildman–Crippen MR) is 70.2 cm³/mol. The molecule has 0 aliphatic heterocycles. The highest BCUT2D eigenvalue weighted by molar-refractivity contribution is 5.94. The number of H-pyrrole nitrogens is 1. The zero-order chi connectivity index (χ0) is 13.8. The molecule has 1 atom stereocenters. The van der Waals surface area contributed by atoms with Crippen LogP contribution < -0.4 is 5.32 Å². The van der Waals surface area contributed by atoms with Gasteiger partial charge in [0.25, 0.3) is 5.91 Å². The standard InChI is InChI=1S/C14H16FN3O/c1-3-11(13-16-7-8-17-13)18-14(19)10-6-4-5-9(2)12(10)15/h4-8,11H,3H2,1-2H3,(H,16,17)(H,18,19). The summed E-state index contributed by atoms with van der Waals surface area (Å²) in [6, 6.07) is 4.53. The van der Waals surface area contributed by atoms with Crippen molar-refractivity contribution in [2.45, 2.75) is 26.3 Å². The van der Waals surface area contributed by atoms with E-state index in [2.05, 4.69) is 15.3 Å². The quantitative estimate of drug-likeness (QED) is 0.889. The molecule has 1 aromatic heterocycles. The molecule has 2 aromatic rings. The summed E-state index contributed by atoms with van der Waals surface area (Å²) >= 11 is 0. The van der Waals surface area contributed by atoms with Gasteiger partial charge in [-0.25, -0.2) is 9.37 Å². The number of carbonyl (C=O) groups is 1. The third kappa shape index (κ3) is 2.81. The van der Waals surface area contributed by atoms with Gasteiger partial charge >= 0.3 is 0 Å². The molecule has 2 N–H and O–H groups in total. The first-order valence-corrected chi connectivity index (χ1v) is 6.18. The van der Waals surface area contributed by atoms with Crippen molar-refractivity contribution >= 4 is 5.91 Å². The molecular formula is C14H16FN3O. The fourth-order valence-electron chi connectivity index (χ4n) is 1.89. The Kier molecular flexibility index (Phi) is 3.94. The van der Waals surface area contributed by atoms with Crippen molar-refractivity contribution in [3.63, 3.8) is 0 Å². The van der Waals surface area contributed by atoms with Crippen LogP contribution in [0.3, 0.4) is 0 Å². The Hall–Kier alpha value is -2.17. The molecular weight excluding hydrogens is 245 g/mol. The van der Waals surface area contributed by atoms with E-state index in [0.717, 1.165) is 0 Å². The van der Waals surface area contributed by atoms with E-state index < -0.39 is 11.7 Å². The minimum atomic E-state index is -0.478. The minimum absolute atomic E-state index is 0.0602. The summed E-state index contributed by atoms with van der Waals surface area (Å²) in [4.78, 5) is 19.2. The van der Waals surface area contributed by atoms with Gasteiger partial charge in [0.15, 0.2) is 0 Å². The van der Waals surface area contributed by atoms with E-state index >= 15 is 0 Å². The SMILES string of the molecule is CCC(NC(=O)c1cccc(C)c1F)c1ncc[nH]1. The number of aromatic amines is 1. The highest BCUT2D eigenvalue weighted by atomic mass is 19.1. The van der Waals surface area contributed by atoms with Crippen molar-refractivity contribution in [3.8, 4) is 0 Å². The number of benzene rings is 1. The Balaban J connectivity index is 2.18. The fraction of sp³-hybridized carbons (Fsp3) is 0.286. The fourth-order valence-corrected chi connectivity index (χ4v) is 1.89. The van der Waals surface area contributed by atoms with Crippen LogP contribution in [-0.4, -0.2) is 15.9 Å². The highest BCUT2D eigenvalue weighted by Crippen LogP contribution is 2.16. The summed E-state index contributed by atoms with van der Waals surface area (Å²) in [6.45, 7) is 3.57. The maximum Gasteiger partial charge on any atom is 0.254 e. The van der Waals surface area contributed by atoms with Gasteiger partial charge in [-0.15, -0.1) is 0 Å². The van der Waals surface area contributed by atoms with Crippen molar-refractivity contribution in [1.29, 1.82) is 0 Å². The lowest BCUT2D eigenvalue weighted by Gasteiger charge is -2.15. The number of imidazole rings is 1. The maximum absolute atomic E-state index is 13.9. The molecule has 0 spiro atoms. The van der Waals surface area contributed by atoms with Gasteiger partial charge in [-0.2, -0.15) is 0 Å². The third-order valence-electron chi connectivity index (χ3n) is 3.00. The van der Waals surface area contributed by atoms with Gasteiger partial charge < -0.3 is 10.3 Å². The second-order valence-electron chi connectivity index (χ2n) is 4.35. The van der Waals surface area contributed by atoms with E-state index in [-0.39, 0.29) is 11.6 Å². The van der Waals surface area contributed by atoms with Gasteiger partial charge in [-0.1, -0.05) is 19.1 Å². The number of hydrogen-bond donors (Lipinski definition) is 2. The Labute approximate surface area is 111 Å². The Morgan fingerprint density at radius 3 is 2.95 bits per heavy atom. The van der Waals surface area contributed by atoms with Crippen LogP contribution in [0.2, 0.25) is 0 Å². The molecule has 1 amide bonds.